The summed E-state index contributed by atoms with van der Waals surface area (Å²) in [6.45, 7) is 4.18. The van der Waals surface area contributed by atoms with E-state index < -0.39 is 12.1 Å². The number of aliphatic hydroxyl groups is 1. The van der Waals surface area contributed by atoms with Crippen molar-refractivity contribution >= 4 is 11.6 Å². The van der Waals surface area contributed by atoms with Gasteiger partial charge >= 0.3 is 0 Å². The Kier molecular flexibility index (Phi) is 5.25. The molecule has 0 saturated heterocycles. The van der Waals surface area contributed by atoms with Crippen molar-refractivity contribution in [1.29, 1.82) is 0 Å². The van der Waals surface area contributed by atoms with Gasteiger partial charge in [-0.25, -0.2) is 0 Å². The first kappa shape index (κ1) is 14.3. The predicted octanol–water partition coefficient (Wildman–Crippen LogP) is 2.84. The molecule has 0 heterocycles. The van der Waals surface area contributed by atoms with Crippen LogP contribution in [-0.4, -0.2) is 16.3 Å². The van der Waals surface area contributed by atoms with Gasteiger partial charge in [0, 0.05) is 5.56 Å². The van der Waals surface area contributed by atoms with Gasteiger partial charge in [0.15, 0.2) is 0 Å². The number of para-hydroxylation sites is 1. The fourth-order valence-corrected chi connectivity index (χ4v) is 1.87. The Bertz CT molecular complexity index is 368. The third-order valence-corrected chi connectivity index (χ3v) is 3.14. The minimum atomic E-state index is -0.665. The highest BCUT2D eigenvalue weighted by atomic mass is 35.5. The second-order valence-corrected chi connectivity index (χ2v) is 5.15. The van der Waals surface area contributed by atoms with Crippen LogP contribution < -0.4 is 5.73 Å². The van der Waals surface area contributed by atoms with E-state index in [-0.39, 0.29) is 10.8 Å². The van der Waals surface area contributed by atoms with Crippen LogP contribution in [0.4, 0.5) is 0 Å². The molecule has 0 fully saturated rings. The number of hydrogen-bond donors (Lipinski definition) is 3. The number of rotatable bonds is 5. The van der Waals surface area contributed by atoms with Crippen molar-refractivity contribution in [3.63, 3.8) is 0 Å². The van der Waals surface area contributed by atoms with Crippen LogP contribution in [0.3, 0.4) is 0 Å². The van der Waals surface area contributed by atoms with Gasteiger partial charge in [-0.05, 0) is 24.8 Å². The summed E-state index contributed by atoms with van der Waals surface area (Å²) in [5.74, 6) is 0.482. The van der Waals surface area contributed by atoms with Gasteiger partial charge in [-0.3, -0.25) is 0 Å². The van der Waals surface area contributed by atoms with Gasteiger partial charge in [0.1, 0.15) is 5.75 Å². The maximum atomic E-state index is 9.96. The average molecular weight is 258 g/mol. The van der Waals surface area contributed by atoms with Crippen LogP contribution in [0.15, 0.2) is 18.2 Å². The van der Waals surface area contributed by atoms with E-state index in [1.807, 2.05) is 0 Å². The maximum Gasteiger partial charge on any atom is 0.139 e. The molecule has 0 aliphatic rings. The fraction of sp³-hybridized carbons (Fsp3) is 0.538. The highest BCUT2D eigenvalue weighted by Crippen LogP contribution is 2.32. The number of benzene rings is 1. The number of aliphatic hydroxyl groups excluding tert-OH is 1. The van der Waals surface area contributed by atoms with Gasteiger partial charge < -0.3 is 15.9 Å². The largest absolute Gasteiger partial charge is 0.506 e. The van der Waals surface area contributed by atoms with Gasteiger partial charge in [-0.15, -0.1) is 0 Å². The monoisotopic (exact) mass is 257 g/mol. The molecule has 1 aromatic rings. The number of aromatic hydroxyl groups is 1. The second kappa shape index (κ2) is 6.24. The predicted molar refractivity (Wildman–Crippen MR) is 70.1 cm³/mol. The molecule has 0 aliphatic heterocycles. The first-order valence-electron chi connectivity index (χ1n) is 5.84. The molecule has 3 nitrogen and oxygen atoms in total. The number of hydrogen-bond acceptors (Lipinski definition) is 3. The molecule has 2 atom stereocenters. The Morgan fingerprint density at radius 2 is 1.94 bits per heavy atom. The van der Waals surface area contributed by atoms with Crippen LogP contribution in [0.5, 0.6) is 5.75 Å². The molecule has 4 heteroatoms. The lowest BCUT2D eigenvalue weighted by atomic mass is 9.95. The Morgan fingerprint density at radius 1 is 1.29 bits per heavy atom. The fourth-order valence-electron chi connectivity index (χ4n) is 1.69. The normalized spacial score (nSPS) is 14.9. The lowest BCUT2D eigenvalue weighted by Crippen LogP contribution is -2.26. The van der Waals surface area contributed by atoms with Crippen molar-refractivity contribution in [2.24, 2.45) is 11.7 Å². The highest BCUT2D eigenvalue weighted by Gasteiger charge is 2.20. The van der Waals surface area contributed by atoms with Crippen molar-refractivity contribution in [2.45, 2.75) is 38.8 Å². The number of phenolic OH excluding ortho intramolecular Hbond substituents is 1. The Hall–Kier alpha value is -0.770. The first-order valence-corrected chi connectivity index (χ1v) is 6.22. The molecule has 17 heavy (non-hydrogen) atoms. The summed E-state index contributed by atoms with van der Waals surface area (Å²) in [6.07, 6.45) is 0.850. The van der Waals surface area contributed by atoms with Gasteiger partial charge in [0.25, 0.3) is 0 Å². The van der Waals surface area contributed by atoms with E-state index in [9.17, 15) is 10.2 Å². The molecule has 0 aliphatic carbocycles. The molecular formula is C13H20ClNO2. The summed E-state index contributed by atoms with van der Waals surface area (Å²) < 4.78 is 0. The van der Waals surface area contributed by atoms with Crippen LogP contribution in [0.25, 0.3) is 0 Å². The van der Waals surface area contributed by atoms with E-state index >= 15 is 0 Å². The lowest BCUT2D eigenvalue weighted by Gasteiger charge is -2.21. The highest BCUT2D eigenvalue weighted by molar-refractivity contribution is 6.32. The van der Waals surface area contributed by atoms with Gasteiger partial charge in [-0.1, -0.05) is 37.6 Å². The van der Waals surface area contributed by atoms with Crippen LogP contribution in [0, 0.1) is 5.92 Å². The molecule has 0 amide bonds. The van der Waals surface area contributed by atoms with Crippen LogP contribution >= 0.6 is 11.6 Å². The van der Waals surface area contributed by atoms with E-state index in [0.717, 1.165) is 6.42 Å². The molecule has 96 valence electrons. The molecule has 0 bridgehead atoms. The summed E-state index contributed by atoms with van der Waals surface area (Å²) in [5.41, 5.74) is 6.42. The minimum absolute atomic E-state index is 0.0368. The molecule has 0 radical (unpaired) electrons. The minimum Gasteiger partial charge on any atom is -0.506 e. The Morgan fingerprint density at radius 3 is 2.53 bits per heavy atom. The number of halogens is 1. The van der Waals surface area contributed by atoms with Crippen LogP contribution in [0.2, 0.25) is 5.02 Å². The van der Waals surface area contributed by atoms with Crippen molar-refractivity contribution < 1.29 is 10.2 Å². The third kappa shape index (κ3) is 3.87. The van der Waals surface area contributed by atoms with Gasteiger partial charge in [0.05, 0.1) is 17.2 Å². The Balaban J connectivity index is 2.74. The van der Waals surface area contributed by atoms with Crippen molar-refractivity contribution in [3.05, 3.63) is 28.8 Å². The molecular weight excluding hydrogens is 238 g/mol. The van der Waals surface area contributed by atoms with Gasteiger partial charge in [0.2, 0.25) is 0 Å². The first-order chi connectivity index (χ1) is 7.93. The summed E-state index contributed by atoms with van der Waals surface area (Å²) in [7, 11) is 0. The van der Waals surface area contributed by atoms with E-state index in [1.165, 1.54) is 0 Å². The van der Waals surface area contributed by atoms with E-state index in [2.05, 4.69) is 13.8 Å². The zero-order valence-electron chi connectivity index (χ0n) is 10.2. The van der Waals surface area contributed by atoms with Crippen LogP contribution in [0.1, 0.15) is 38.3 Å². The third-order valence-electron chi connectivity index (χ3n) is 2.83. The zero-order chi connectivity index (χ0) is 13.0. The zero-order valence-corrected chi connectivity index (χ0v) is 11.0. The topological polar surface area (TPSA) is 66.5 Å². The molecule has 0 saturated carbocycles. The quantitative estimate of drug-likeness (QED) is 0.760. The summed E-state index contributed by atoms with van der Waals surface area (Å²) in [5, 5.41) is 20.0. The SMILES string of the molecule is CC(C)CC[C@@H](O)[C@@H](N)c1cccc(Cl)c1O. The van der Waals surface area contributed by atoms with Crippen molar-refractivity contribution in [2.75, 3.05) is 0 Å². The summed E-state index contributed by atoms with van der Waals surface area (Å²) >= 11 is 5.80. The van der Waals surface area contributed by atoms with Crippen molar-refractivity contribution in [3.8, 4) is 5.75 Å². The standard InChI is InChI=1S/C13H20ClNO2/c1-8(2)6-7-11(16)12(15)9-4-3-5-10(14)13(9)17/h3-5,8,11-12,16-17H,6-7,15H2,1-2H3/t11-,12+/m1/s1. The van der Waals surface area contributed by atoms with Gasteiger partial charge in [-0.2, -0.15) is 0 Å². The molecule has 0 aromatic heterocycles. The molecule has 1 rings (SSSR count). The number of nitrogens with two attached hydrogens (primary N) is 1. The van der Waals surface area contributed by atoms with E-state index in [1.54, 1.807) is 18.2 Å². The van der Waals surface area contributed by atoms with E-state index in [4.69, 9.17) is 17.3 Å². The maximum absolute atomic E-state index is 9.96. The average Bonchev–Trinajstić information content (AvgIpc) is 2.28. The van der Waals surface area contributed by atoms with Crippen LogP contribution in [-0.2, 0) is 0 Å². The lowest BCUT2D eigenvalue weighted by molar-refractivity contribution is 0.127. The smallest absolute Gasteiger partial charge is 0.139 e. The molecule has 0 spiro atoms. The second-order valence-electron chi connectivity index (χ2n) is 4.74. The molecule has 1 aromatic carbocycles. The summed E-state index contributed by atoms with van der Waals surface area (Å²) in [6, 6.07) is 4.39. The molecule has 0 unspecified atom stereocenters. The molecule has 4 N–H and O–H groups in total. The summed E-state index contributed by atoms with van der Waals surface area (Å²) in [4.78, 5) is 0. The van der Waals surface area contributed by atoms with E-state index in [0.29, 0.717) is 17.9 Å². The van der Waals surface area contributed by atoms with Crippen molar-refractivity contribution in [1.82, 2.24) is 0 Å². The Labute approximate surface area is 107 Å². The number of phenols is 1.